The predicted octanol–water partition coefficient (Wildman–Crippen LogP) is 0.790. The van der Waals surface area contributed by atoms with Crippen molar-refractivity contribution in [1.29, 1.82) is 0 Å². The molecule has 8 nitrogen and oxygen atoms in total. The fourth-order valence-corrected chi connectivity index (χ4v) is 2.59. The second-order valence-corrected chi connectivity index (χ2v) is 6.03. The van der Waals surface area contributed by atoms with Crippen molar-refractivity contribution in [3.8, 4) is 5.75 Å². The molecule has 0 radical (unpaired) electrons. The maximum Gasteiger partial charge on any atom is 0.335 e. The summed E-state index contributed by atoms with van der Waals surface area (Å²) in [7, 11) is 0. The lowest BCUT2D eigenvalue weighted by Crippen LogP contribution is -2.54. The van der Waals surface area contributed by atoms with Crippen LogP contribution in [0, 0.1) is 6.92 Å². The first-order valence-corrected chi connectivity index (χ1v) is 8.26. The van der Waals surface area contributed by atoms with Gasteiger partial charge >= 0.3 is 6.03 Å². The van der Waals surface area contributed by atoms with E-state index in [1.54, 1.807) is 36.4 Å². The molecule has 1 N–H and O–H groups in total. The number of nitrogens with one attached hydrogen (secondary N) is 1. The first-order chi connectivity index (χ1) is 13.3. The molecule has 1 saturated heterocycles. The highest BCUT2D eigenvalue weighted by atomic mass is 16.5. The zero-order valence-corrected chi connectivity index (χ0v) is 14.8. The van der Waals surface area contributed by atoms with E-state index in [2.05, 4.69) is 5.32 Å². The summed E-state index contributed by atoms with van der Waals surface area (Å²) in [5.41, 5.74) is 1.47. The topological polar surface area (TPSA) is 116 Å². The molecule has 2 aromatic rings. The van der Waals surface area contributed by atoms with Crippen LogP contribution in [0.2, 0.25) is 0 Å². The van der Waals surface area contributed by atoms with Crippen LogP contribution in [0.1, 0.15) is 11.1 Å². The molecule has 8 heteroatoms. The molecule has 4 amide bonds. The van der Waals surface area contributed by atoms with Crippen LogP contribution in [0.3, 0.4) is 0 Å². The molecule has 1 aliphatic rings. The average Bonchev–Trinajstić information content (AvgIpc) is 2.65. The van der Waals surface area contributed by atoms with Crippen molar-refractivity contribution in [1.82, 2.24) is 5.32 Å². The Bertz CT molecular complexity index is 994. The summed E-state index contributed by atoms with van der Waals surface area (Å²) in [6, 6.07) is 12.0. The summed E-state index contributed by atoms with van der Waals surface area (Å²) in [6.07, 6.45) is 1.30. The van der Waals surface area contributed by atoms with Crippen molar-refractivity contribution in [2.75, 3.05) is 11.5 Å². The Hall–Kier alpha value is -3.94. The second-order valence-electron chi connectivity index (χ2n) is 6.03. The van der Waals surface area contributed by atoms with Gasteiger partial charge < -0.3 is 14.6 Å². The largest absolute Gasteiger partial charge is 0.546 e. The number of aryl methyl sites for hydroxylation is 1. The van der Waals surface area contributed by atoms with Gasteiger partial charge in [-0.25, -0.2) is 9.69 Å². The third-order valence-electron chi connectivity index (χ3n) is 3.92. The van der Waals surface area contributed by atoms with Crippen LogP contribution < -0.4 is 20.1 Å². The Balaban J connectivity index is 1.92. The highest BCUT2D eigenvalue weighted by Gasteiger charge is 2.36. The number of ether oxygens (including phenoxy) is 1. The number of carboxylic acid groups (broad SMARTS) is 1. The molecule has 3 rings (SSSR count). The van der Waals surface area contributed by atoms with Crippen molar-refractivity contribution in [3.63, 3.8) is 0 Å². The molecule has 28 heavy (non-hydrogen) atoms. The molecule has 1 fully saturated rings. The monoisotopic (exact) mass is 379 g/mol. The van der Waals surface area contributed by atoms with Crippen molar-refractivity contribution in [2.45, 2.75) is 6.92 Å². The number of imide groups is 2. The van der Waals surface area contributed by atoms with E-state index in [4.69, 9.17) is 4.74 Å². The van der Waals surface area contributed by atoms with Crippen LogP contribution in [0.4, 0.5) is 10.5 Å². The fraction of sp³-hybridized carbons (Fsp3) is 0.100. The number of rotatable bonds is 5. The minimum atomic E-state index is -1.38. The predicted molar refractivity (Wildman–Crippen MR) is 97.1 cm³/mol. The Kier molecular flexibility index (Phi) is 5.21. The average molecular weight is 379 g/mol. The molecule has 1 heterocycles. The Labute approximate surface area is 160 Å². The van der Waals surface area contributed by atoms with E-state index in [0.29, 0.717) is 11.3 Å². The number of anilines is 1. The minimum Gasteiger partial charge on any atom is -0.546 e. The van der Waals surface area contributed by atoms with Gasteiger partial charge in [-0.15, -0.1) is 0 Å². The van der Waals surface area contributed by atoms with Gasteiger partial charge in [0.2, 0.25) is 0 Å². The number of hydrogen-bond donors (Lipinski definition) is 1. The van der Waals surface area contributed by atoms with Gasteiger partial charge in [-0.05, 0) is 42.8 Å². The quantitative estimate of drug-likeness (QED) is 0.607. The van der Waals surface area contributed by atoms with E-state index in [0.717, 1.165) is 10.5 Å². The number of hydrogen-bond acceptors (Lipinski definition) is 6. The van der Waals surface area contributed by atoms with Gasteiger partial charge in [0.15, 0.2) is 0 Å². The zero-order valence-electron chi connectivity index (χ0n) is 14.8. The molecule has 0 saturated carbocycles. The summed E-state index contributed by atoms with van der Waals surface area (Å²) >= 11 is 0. The van der Waals surface area contributed by atoms with Crippen molar-refractivity contribution >= 4 is 35.6 Å². The summed E-state index contributed by atoms with van der Waals surface area (Å²) in [5, 5.41) is 12.6. The zero-order chi connectivity index (χ0) is 20.3. The van der Waals surface area contributed by atoms with Gasteiger partial charge in [0.1, 0.15) is 17.9 Å². The molecule has 0 aromatic heterocycles. The number of carboxylic acids is 1. The lowest BCUT2D eigenvalue weighted by molar-refractivity contribution is -0.307. The van der Waals surface area contributed by atoms with Crippen LogP contribution >= 0.6 is 0 Å². The van der Waals surface area contributed by atoms with Gasteiger partial charge in [-0.1, -0.05) is 29.8 Å². The molecular weight excluding hydrogens is 364 g/mol. The number of barbiturate groups is 1. The standard InChI is InChI=1S/C20H16N2O6/c1-12-5-7-14(8-6-12)22-19(26)16(18(25)21-20(22)27)10-13-3-2-4-15(9-13)28-11-17(23)24/h2-10H,11H2,1H3,(H,23,24)(H,21,25,27)/p-1/b16-10+. The number of carbonyl (C=O) groups is 4. The van der Waals surface area contributed by atoms with E-state index >= 15 is 0 Å². The summed E-state index contributed by atoms with van der Waals surface area (Å²) in [4.78, 5) is 48.5. The first kappa shape index (κ1) is 18.8. The molecule has 0 unspecified atom stereocenters. The molecule has 142 valence electrons. The highest BCUT2D eigenvalue weighted by molar-refractivity contribution is 6.39. The third-order valence-corrected chi connectivity index (χ3v) is 3.92. The molecule has 0 aliphatic carbocycles. The molecular formula is C20H15N2O6-. The number of urea groups is 1. The normalized spacial score (nSPS) is 15.5. The summed E-state index contributed by atoms with van der Waals surface area (Å²) in [5.74, 6) is -2.73. The SMILES string of the molecule is Cc1ccc(N2C(=O)NC(=O)/C(=C\c3cccc(OCC(=O)[O-])c3)C2=O)cc1. The van der Waals surface area contributed by atoms with Crippen molar-refractivity contribution < 1.29 is 29.0 Å². The van der Waals surface area contributed by atoms with E-state index in [1.165, 1.54) is 18.2 Å². The lowest BCUT2D eigenvalue weighted by atomic mass is 10.1. The van der Waals surface area contributed by atoms with Crippen LogP contribution in [-0.2, 0) is 14.4 Å². The maximum atomic E-state index is 12.8. The second kappa shape index (κ2) is 7.75. The van der Waals surface area contributed by atoms with E-state index in [1.807, 2.05) is 6.92 Å². The smallest absolute Gasteiger partial charge is 0.335 e. The lowest BCUT2D eigenvalue weighted by Gasteiger charge is -2.26. The summed E-state index contributed by atoms with van der Waals surface area (Å²) < 4.78 is 5.03. The summed E-state index contributed by atoms with van der Waals surface area (Å²) in [6.45, 7) is 1.24. The minimum absolute atomic E-state index is 0.230. The van der Waals surface area contributed by atoms with Gasteiger partial charge in [0.25, 0.3) is 11.8 Å². The third kappa shape index (κ3) is 4.07. The number of nitrogens with zero attached hydrogens (tertiary/aromatic N) is 1. The highest BCUT2D eigenvalue weighted by Crippen LogP contribution is 2.23. The van der Waals surface area contributed by atoms with Gasteiger partial charge in [0.05, 0.1) is 11.7 Å². The first-order valence-electron chi connectivity index (χ1n) is 8.26. The van der Waals surface area contributed by atoms with Crippen molar-refractivity contribution in [2.24, 2.45) is 0 Å². The molecule has 0 spiro atoms. The van der Waals surface area contributed by atoms with Crippen LogP contribution in [0.5, 0.6) is 5.75 Å². The Morgan fingerprint density at radius 2 is 1.86 bits per heavy atom. The molecule has 1 aliphatic heterocycles. The van der Waals surface area contributed by atoms with Crippen LogP contribution in [0.25, 0.3) is 6.08 Å². The number of carbonyl (C=O) groups excluding carboxylic acids is 4. The molecule has 0 atom stereocenters. The van der Waals surface area contributed by atoms with E-state index in [-0.39, 0.29) is 11.3 Å². The van der Waals surface area contributed by atoms with E-state index < -0.39 is 30.4 Å². The van der Waals surface area contributed by atoms with Gasteiger partial charge in [0, 0.05) is 0 Å². The Morgan fingerprint density at radius 3 is 2.54 bits per heavy atom. The number of benzene rings is 2. The molecule has 2 aromatic carbocycles. The number of aliphatic carboxylic acids is 1. The Morgan fingerprint density at radius 1 is 1.14 bits per heavy atom. The number of amides is 4. The van der Waals surface area contributed by atoms with E-state index in [9.17, 15) is 24.3 Å². The fourth-order valence-electron chi connectivity index (χ4n) is 2.59. The van der Waals surface area contributed by atoms with Gasteiger partial charge in [-0.2, -0.15) is 0 Å². The maximum absolute atomic E-state index is 12.8. The molecule has 0 bridgehead atoms. The van der Waals surface area contributed by atoms with Crippen molar-refractivity contribution in [3.05, 3.63) is 65.2 Å². The van der Waals surface area contributed by atoms with Crippen LogP contribution in [0.15, 0.2) is 54.1 Å². The van der Waals surface area contributed by atoms with Crippen LogP contribution in [-0.4, -0.2) is 30.4 Å². The van der Waals surface area contributed by atoms with Gasteiger partial charge in [-0.3, -0.25) is 14.9 Å².